The maximum Gasteiger partial charge on any atom is 0.161 e. The van der Waals surface area contributed by atoms with Gasteiger partial charge in [-0.15, -0.1) is 0 Å². The molecule has 0 saturated carbocycles. The van der Waals surface area contributed by atoms with Gasteiger partial charge in [0.2, 0.25) is 0 Å². The smallest absolute Gasteiger partial charge is 0.161 e. The lowest BCUT2D eigenvalue weighted by atomic mass is 9.99. The largest absolute Gasteiger partial charge is 0.496 e. The van der Waals surface area contributed by atoms with Gasteiger partial charge in [0.15, 0.2) is 11.5 Å². The molecule has 27 heavy (non-hydrogen) atoms. The fraction of sp³-hybridized carbons (Fsp3) is 0.217. The van der Waals surface area contributed by atoms with E-state index in [1.54, 1.807) is 21.3 Å². The zero-order valence-corrected chi connectivity index (χ0v) is 16.2. The van der Waals surface area contributed by atoms with Gasteiger partial charge >= 0.3 is 0 Å². The molecule has 3 aromatic rings. The first-order valence-corrected chi connectivity index (χ1v) is 8.83. The standard InChI is InChI=1S/C23H25NO3/c1-6-16-13-22(26-4)23(27-5)14-19(16)15(2)24-20-11-12-21(25-3)18-10-8-7-9-17(18)20/h6-15,24H,1H2,2-5H3/t15-/m1/s1. The lowest BCUT2D eigenvalue weighted by Crippen LogP contribution is -2.09. The van der Waals surface area contributed by atoms with Gasteiger partial charge in [0.25, 0.3) is 0 Å². The van der Waals surface area contributed by atoms with Crippen molar-refractivity contribution in [3.8, 4) is 17.2 Å². The molecule has 1 atom stereocenters. The van der Waals surface area contributed by atoms with E-state index >= 15 is 0 Å². The van der Waals surface area contributed by atoms with Crippen molar-refractivity contribution in [1.29, 1.82) is 0 Å². The van der Waals surface area contributed by atoms with Crippen LogP contribution in [0, 0.1) is 0 Å². The van der Waals surface area contributed by atoms with Gasteiger partial charge in [-0.3, -0.25) is 0 Å². The SMILES string of the molecule is C=Cc1cc(OC)c(OC)cc1[C@@H](C)Nc1ccc(OC)c2ccccc12. The molecule has 0 aliphatic heterocycles. The van der Waals surface area contributed by atoms with Crippen LogP contribution in [0.15, 0.2) is 55.1 Å². The summed E-state index contributed by atoms with van der Waals surface area (Å²) in [5, 5.41) is 5.81. The molecule has 4 nitrogen and oxygen atoms in total. The summed E-state index contributed by atoms with van der Waals surface area (Å²) in [6.07, 6.45) is 1.83. The summed E-state index contributed by atoms with van der Waals surface area (Å²) in [5.41, 5.74) is 3.14. The number of benzene rings is 3. The lowest BCUT2D eigenvalue weighted by Gasteiger charge is -2.21. The predicted octanol–water partition coefficient (Wildman–Crippen LogP) is 5.68. The highest BCUT2D eigenvalue weighted by molar-refractivity contribution is 5.98. The van der Waals surface area contributed by atoms with Crippen molar-refractivity contribution >= 4 is 22.5 Å². The highest BCUT2D eigenvalue weighted by Gasteiger charge is 2.16. The van der Waals surface area contributed by atoms with E-state index in [2.05, 4.69) is 31.0 Å². The normalized spacial score (nSPS) is 11.7. The molecule has 0 fully saturated rings. The Hall–Kier alpha value is -3.14. The molecule has 0 spiro atoms. The molecule has 0 saturated heterocycles. The summed E-state index contributed by atoms with van der Waals surface area (Å²) in [6.45, 7) is 6.06. The summed E-state index contributed by atoms with van der Waals surface area (Å²) < 4.78 is 16.4. The third kappa shape index (κ3) is 3.56. The first-order valence-electron chi connectivity index (χ1n) is 8.83. The van der Waals surface area contributed by atoms with Crippen molar-refractivity contribution in [1.82, 2.24) is 0 Å². The monoisotopic (exact) mass is 363 g/mol. The maximum absolute atomic E-state index is 5.49. The number of anilines is 1. The lowest BCUT2D eigenvalue weighted by molar-refractivity contribution is 0.354. The van der Waals surface area contributed by atoms with Gasteiger partial charge in [0.1, 0.15) is 5.75 Å². The van der Waals surface area contributed by atoms with E-state index in [1.807, 2.05) is 42.5 Å². The van der Waals surface area contributed by atoms with Crippen molar-refractivity contribution in [2.24, 2.45) is 0 Å². The average Bonchev–Trinajstić information content (AvgIpc) is 2.72. The van der Waals surface area contributed by atoms with E-state index < -0.39 is 0 Å². The number of nitrogens with one attached hydrogen (secondary N) is 1. The number of methoxy groups -OCH3 is 3. The second-order valence-corrected chi connectivity index (χ2v) is 6.27. The van der Waals surface area contributed by atoms with Crippen LogP contribution in [0.25, 0.3) is 16.8 Å². The molecule has 0 bridgehead atoms. The fourth-order valence-corrected chi connectivity index (χ4v) is 3.35. The molecule has 0 aliphatic rings. The van der Waals surface area contributed by atoms with Gasteiger partial charge in [-0.25, -0.2) is 0 Å². The third-order valence-electron chi connectivity index (χ3n) is 4.75. The molecule has 3 rings (SSSR count). The molecule has 0 aliphatic carbocycles. The minimum Gasteiger partial charge on any atom is -0.496 e. The van der Waals surface area contributed by atoms with Crippen LogP contribution in [-0.2, 0) is 0 Å². The van der Waals surface area contributed by atoms with Gasteiger partial charge in [-0.05, 0) is 42.3 Å². The predicted molar refractivity (Wildman–Crippen MR) is 112 cm³/mol. The number of ether oxygens (including phenoxy) is 3. The number of hydrogen-bond donors (Lipinski definition) is 1. The number of fused-ring (bicyclic) bond motifs is 1. The van der Waals surface area contributed by atoms with Crippen LogP contribution in [0.1, 0.15) is 24.1 Å². The van der Waals surface area contributed by atoms with Crippen LogP contribution in [0.4, 0.5) is 5.69 Å². The van der Waals surface area contributed by atoms with Crippen LogP contribution in [0.3, 0.4) is 0 Å². The van der Waals surface area contributed by atoms with Crippen LogP contribution >= 0.6 is 0 Å². The Labute approximate surface area is 160 Å². The van der Waals surface area contributed by atoms with Gasteiger partial charge in [0.05, 0.1) is 21.3 Å². The first-order chi connectivity index (χ1) is 13.1. The summed E-state index contributed by atoms with van der Waals surface area (Å²) in [6, 6.07) is 16.2. The van der Waals surface area contributed by atoms with Crippen LogP contribution in [0.2, 0.25) is 0 Å². The van der Waals surface area contributed by atoms with E-state index in [4.69, 9.17) is 14.2 Å². The summed E-state index contributed by atoms with van der Waals surface area (Å²) in [5.74, 6) is 2.26. The second-order valence-electron chi connectivity index (χ2n) is 6.27. The average molecular weight is 363 g/mol. The summed E-state index contributed by atoms with van der Waals surface area (Å²) in [4.78, 5) is 0. The highest BCUT2D eigenvalue weighted by Crippen LogP contribution is 2.37. The topological polar surface area (TPSA) is 39.7 Å². The van der Waals surface area contributed by atoms with E-state index in [9.17, 15) is 0 Å². The summed E-state index contributed by atoms with van der Waals surface area (Å²) in [7, 11) is 4.97. The molecule has 1 N–H and O–H groups in total. The van der Waals surface area contributed by atoms with Crippen molar-refractivity contribution in [2.45, 2.75) is 13.0 Å². The molecule has 140 valence electrons. The minimum absolute atomic E-state index is 0.0367. The molecule has 0 unspecified atom stereocenters. The van der Waals surface area contributed by atoms with E-state index in [1.165, 1.54) is 0 Å². The molecule has 0 radical (unpaired) electrons. The fourth-order valence-electron chi connectivity index (χ4n) is 3.35. The van der Waals surface area contributed by atoms with Crippen molar-refractivity contribution in [2.75, 3.05) is 26.6 Å². The van der Waals surface area contributed by atoms with Crippen LogP contribution < -0.4 is 19.5 Å². The van der Waals surface area contributed by atoms with E-state index in [0.29, 0.717) is 11.5 Å². The van der Waals surface area contributed by atoms with Crippen LogP contribution in [0.5, 0.6) is 17.2 Å². The highest BCUT2D eigenvalue weighted by atomic mass is 16.5. The molecular formula is C23H25NO3. The van der Waals surface area contributed by atoms with Gasteiger partial charge in [0, 0.05) is 22.5 Å². The molecule has 0 amide bonds. The first kappa shape index (κ1) is 18.6. The van der Waals surface area contributed by atoms with E-state index in [0.717, 1.165) is 33.3 Å². The molecule has 3 aromatic carbocycles. The van der Waals surface area contributed by atoms with Crippen molar-refractivity contribution < 1.29 is 14.2 Å². The Kier molecular flexibility index (Phi) is 5.55. The van der Waals surface area contributed by atoms with Gasteiger partial charge in [-0.2, -0.15) is 0 Å². The Bertz CT molecular complexity index is 965. The zero-order valence-electron chi connectivity index (χ0n) is 16.2. The molecule has 0 heterocycles. The third-order valence-corrected chi connectivity index (χ3v) is 4.75. The number of hydrogen-bond acceptors (Lipinski definition) is 4. The Morgan fingerprint density at radius 2 is 1.48 bits per heavy atom. The second kappa shape index (κ2) is 8.04. The van der Waals surface area contributed by atoms with Crippen molar-refractivity contribution in [3.63, 3.8) is 0 Å². The van der Waals surface area contributed by atoms with Crippen molar-refractivity contribution in [3.05, 3.63) is 66.2 Å². The van der Waals surface area contributed by atoms with Gasteiger partial charge < -0.3 is 19.5 Å². The molecular weight excluding hydrogens is 338 g/mol. The van der Waals surface area contributed by atoms with Crippen LogP contribution in [-0.4, -0.2) is 21.3 Å². The summed E-state index contributed by atoms with van der Waals surface area (Å²) >= 11 is 0. The Balaban J connectivity index is 2.02. The van der Waals surface area contributed by atoms with E-state index in [-0.39, 0.29) is 6.04 Å². The Morgan fingerprint density at radius 1 is 0.852 bits per heavy atom. The quantitative estimate of drug-likeness (QED) is 0.586. The molecule has 0 aromatic heterocycles. The molecule has 4 heteroatoms. The zero-order chi connectivity index (χ0) is 19.4. The van der Waals surface area contributed by atoms with Gasteiger partial charge in [-0.1, -0.05) is 36.9 Å². The number of rotatable bonds is 7. The maximum atomic E-state index is 5.49. The Morgan fingerprint density at radius 3 is 2.11 bits per heavy atom. The minimum atomic E-state index is 0.0367.